The highest BCUT2D eigenvalue weighted by Crippen LogP contribution is 2.24. The van der Waals surface area contributed by atoms with Crippen LogP contribution in [0.3, 0.4) is 0 Å². The lowest BCUT2D eigenvalue weighted by Gasteiger charge is -2.11. The zero-order chi connectivity index (χ0) is 18.0. The van der Waals surface area contributed by atoms with E-state index in [2.05, 4.69) is 26.2 Å². The van der Waals surface area contributed by atoms with Crippen LogP contribution in [0, 0.1) is 5.41 Å². The third kappa shape index (κ3) is 3.53. The van der Waals surface area contributed by atoms with Crippen LogP contribution in [0.2, 0.25) is 0 Å². The number of nitrogens with two attached hydrogens (primary N) is 1. The first kappa shape index (κ1) is 16.7. The number of carbonyl (C=O) groups is 1. The fraction of sp³-hybridized carbons (Fsp3) is 0. The van der Waals surface area contributed by atoms with Gasteiger partial charge in [-0.1, -0.05) is 0 Å². The number of furan rings is 1. The van der Waals surface area contributed by atoms with Crippen molar-refractivity contribution >= 4 is 38.9 Å². The number of anilines is 2. The minimum atomic E-state index is -0.574. The van der Waals surface area contributed by atoms with Crippen LogP contribution in [-0.4, -0.2) is 21.7 Å². The van der Waals surface area contributed by atoms with Gasteiger partial charge in [-0.05, 0) is 46.3 Å². The Morgan fingerprint density at radius 2 is 2.12 bits per heavy atom. The number of carbonyl (C=O) groups excluding carboxylic acids is 1. The van der Waals surface area contributed by atoms with E-state index < -0.39 is 5.91 Å². The number of nitrogens with zero attached hydrogens (tertiary/aromatic N) is 1. The van der Waals surface area contributed by atoms with Gasteiger partial charge in [0.15, 0.2) is 5.69 Å². The van der Waals surface area contributed by atoms with Crippen LogP contribution in [0.5, 0.6) is 5.75 Å². The standard InChI is InChI=1S/C17H13BrN4O3/c18-10-5-14(23)16(21-7-10)17(24)22-11-1-2-13(19)12(6-11)15(20)9-3-4-25-8-9/h1-8,20,23H,19H2,(H,22,24). The van der Waals surface area contributed by atoms with Gasteiger partial charge in [-0.15, -0.1) is 0 Å². The van der Waals surface area contributed by atoms with E-state index in [4.69, 9.17) is 15.6 Å². The summed E-state index contributed by atoms with van der Waals surface area (Å²) in [6.45, 7) is 0. The van der Waals surface area contributed by atoms with Gasteiger partial charge in [0.1, 0.15) is 5.75 Å². The Labute approximate surface area is 151 Å². The van der Waals surface area contributed by atoms with Crippen molar-refractivity contribution in [1.29, 1.82) is 5.41 Å². The van der Waals surface area contributed by atoms with Crippen molar-refractivity contribution in [3.8, 4) is 5.75 Å². The third-order valence-electron chi connectivity index (χ3n) is 3.44. The Hall–Kier alpha value is -3.13. The number of nitrogens with one attached hydrogen (secondary N) is 2. The third-order valence-corrected chi connectivity index (χ3v) is 3.87. The number of pyridine rings is 1. The maximum Gasteiger partial charge on any atom is 0.278 e. The normalized spacial score (nSPS) is 10.4. The lowest BCUT2D eigenvalue weighted by molar-refractivity contribution is 0.101. The number of halogens is 1. The first-order valence-corrected chi connectivity index (χ1v) is 7.92. The summed E-state index contributed by atoms with van der Waals surface area (Å²) in [6, 6.07) is 7.81. The molecule has 0 aliphatic rings. The molecular formula is C17H13BrN4O3. The molecule has 3 rings (SSSR count). The highest BCUT2D eigenvalue weighted by molar-refractivity contribution is 9.10. The number of aromatic hydroxyl groups is 1. The first-order chi connectivity index (χ1) is 12.0. The topological polar surface area (TPSA) is 125 Å². The molecule has 0 fully saturated rings. The van der Waals surface area contributed by atoms with Crippen LogP contribution in [0.4, 0.5) is 11.4 Å². The Bertz CT molecular complexity index is 955. The molecule has 2 heterocycles. The van der Waals surface area contributed by atoms with Gasteiger partial charge in [0, 0.05) is 33.2 Å². The molecule has 7 nitrogen and oxygen atoms in total. The highest BCUT2D eigenvalue weighted by Gasteiger charge is 2.15. The van der Waals surface area contributed by atoms with Gasteiger partial charge in [-0.2, -0.15) is 0 Å². The average Bonchev–Trinajstić information content (AvgIpc) is 3.10. The summed E-state index contributed by atoms with van der Waals surface area (Å²) in [5.41, 5.74) is 7.85. The summed E-state index contributed by atoms with van der Waals surface area (Å²) in [6.07, 6.45) is 4.32. The second kappa shape index (κ2) is 6.78. The van der Waals surface area contributed by atoms with Crippen molar-refractivity contribution in [3.63, 3.8) is 0 Å². The number of amides is 1. The van der Waals surface area contributed by atoms with Crippen molar-refractivity contribution in [1.82, 2.24) is 4.98 Å². The summed E-state index contributed by atoms with van der Waals surface area (Å²) in [5.74, 6) is -0.816. The van der Waals surface area contributed by atoms with Crippen molar-refractivity contribution in [2.24, 2.45) is 0 Å². The summed E-state index contributed by atoms with van der Waals surface area (Å²) < 4.78 is 5.54. The summed E-state index contributed by atoms with van der Waals surface area (Å²) in [5, 5.41) is 20.7. The molecule has 3 aromatic rings. The molecule has 0 unspecified atom stereocenters. The van der Waals surface area contributed by atoms with Crippen LogP contribution in [0.1, 0.15) is 21.6 Å². The fourth-order valence-electron chi connectivity index (χ4n) is 2.21. The molecule has 0 aliphatic heterocycles. The Morgan fingerprint density at radius 3 is 2.80 bits per heavy atom. The molecule has 1 aromatic carbocycles. The molecule has 0 saturated heterocycles. The van der Waals surface area contributed by atoms with E-state index in [1.807, 2.05) is 0 Å². The van der Waals surface area contributed by atoms with Gasteiger partial charge >= 0.3 is 0 Å². The average molecular weight is 401 g/mol. The van der Waals surface area contributed by atoms with Gasteiger partial charge in [0.25, 0.3) is 5.91 Å². The first-order valence-electron chi connectivity index (χ1n) is 7.12. The zero-order valence-electron chi connectivity index (χ0n) is 12.8. The van der Waals surface area contributed by atoms with E-state index in [-0.39, 0.29) is 17.2 Å². The van der Waals surface area contributed by atoms with E-state index in [1.165, 1.54) is 24.8 Å². The van der Waals surface area contributed by atoms with Crippen LogP contribution in [-0.2, 0) is 0 Å². The van der Waals surface area contributed by atoms with E-state index in [0.717, 1.165) is 0 Å². The smallest absolute Gasteiger partial charge is 0.278 e. The molecule has 0 radical (unpaired) electrons. The number of benzene rings is 1. The lowest BCUT2D eigenvalue weighted by atomic mass is 10.0. The van der Waals surface area contributed by atoms with Gasteiger partial charge < -0.3 is 20.6 Å². The summed E-state index contributed by atoms with van der Waals surface area (Å²) in [7, 11) is 0. The molecule has 8 heteroatoms. The molecule has 5 N–H and O–H groups in total. The summed E-state index contributed by atoms with van der Waals surface area (Å²) in [4.78, 5) is 16.2. The van der Waals surface area contributed by atoms with Crippen molar-refractivity contribution in [3.05, 3.63) is 70.3 Å². The molecule has 1 amide bonds. The largest absolute Gasteiger partial charge is 0.505 e. The van der Waals surface area contributed by atoms with E-state index in [0.29, 0.717) is 27.0 Å². The van der Waals surface area contributed by atoms with E-state index in [1.54, 1.807) is 24.3 Å². The summed E-state index contributed by atoms with van der Waals surface area (Å²) >= 11 is 3.17. The van der Waals surface area contributed by atoms with Gasteiger partial charge in [-0.3, -0.25) is 10.2 Å². The van der Waals surface area contributed by atoms with Crippen LogP contribution in [0.25, 0.3) is 0 Å². The predicted molar refractivity (Wildman–Crippen MR) is 97.0 cm³/mol. The molecular weight excluding hydrogens is 388 g/mol. The number of hydrogen-bond acceptors (Lipinski definition) is 6. The molecule has 0 spiro atoms. The maximum absolute atomic E-state index is 12.3. The second-order valence-electron chi connectivity index (χ2n) is 5.16. The predicted octanol–water partition coefficient (Wildman–Crippen LogP) is 3.39. The van der Waals surface area contributed by atoms with Gasteiger partial charge in [-0.25, -0.2) is 4.98 Å². The van der Waals surface area contributed by atoms with Crippen molar-refractivity contribution in [2.75, 3.05) is 11.1 Å². The minimum absolute atomic E-state index is 0.105. The molecule has 2 aromatic heterocycles. The second-order valence-corrected chi connectivity index (χ2v) is 6.08. The van der Waals surface area contributed by atoms with Gasteiger partial charge in [0.05, 0.1) is 18.2 Å². The monoisotopic (exact) mass is 400 g/mol. The lowest BCUT2D eigenvalue weighted by Crippen LogP contribution is -2.15. The molecule has 126 valence electrons. The molecule has 0 atom stereocenters. The Balaban J connectivity index is 1.87. The molecule has 0 aliphatic carbocycles. The van der Waals surface area contributed by atoms with Crippen LogP contribution >= 0.6 is 15.9 Å². The van der Waals surface area contributed by atoms with Crippen LogP contribution < -0.4 is 11.1 Å². The minimum Gasteiger partial charge on any atom is -0.505 e. The quantitative estimate of drug-likeness (QED) is 0.394. The molecule has 0 saturated carbocycles. The number of rotatable bonds is 4. The Kier molecular flexibility index (Phi) is 4.53. The number of aromatic nitrogens is 1. The van der Waals surface area contributed by atoms with Crippen molar-refractivity contribution in [2.45, 2.75) is 0 Å². The maximum atomic E-state index is 12.3. The number of nitrogen functional groups attached to an aromatic ring is 1. The highest BCUT2D eigenvalue weighted by atomic mass is 79.9. The van der Waals surface area contributed by atoms with Crippen molar-refractivity contribution < 1.29 is 14.3 Å². The van der Waals surface area contributed by atoms with E-state index in [9.17, 15) is 9.90 Å². The van der Waals surface area contributed by atoms with Gasteiger partial charge in [0.2, 0.25) is 0 Å². The Morgan fingerprint density at radius 1 is 1.32 bits per heavy atom. The molecule has 25 heavy (non-hydrogen) atoms. The fourth-order valence-corrected chi connectivity index (χ4v) is 2.53. The zero-order valence-corrected chi connectivity index (χ0v) is 14.4. The van der Waals surface area contributed by atoms with E-state index >= 15 is 0 Å². The van der Waals surface area contributed by atoms with Crippen LogP contribution in [0.15, 0.2) is 57.9 Å². The number of hydrogen-bond donors (Lipinski definition) is 4. The SMILES string of the molecule is N=C(c1ccoc1)c1cc(NC(=O)c2ncc(Br)cc2O)ccc1N. The molecule has 0 bridgehead atoms.